The SMILES string of the molecule is OCC1OC(O)(O)C(O)(O)C(O)(O)C1(O)O. The first-order chi connectivity index (χ1) is 6.92. The lowest BCUT2D eigenvalue weighted by atomic mass is 9.87. The van der Waals surface area contributed by atoms with Gasteiger partial charge in [0, 0.05) is 0 Å². The van der Waals surface area contributed by atoms with Crippen LogP contribution in [-0.4, -0.2) is 82.0 Å². The van der Waals surface area contributed by atoms with Crippen molar-refractivity contribution in [2.75, 3.05) is 6.61 Å². The highest BCUT2D eigenvalue weighted by molar-refractivity contribution is 5.05. The van der Waals surface area contributed by atoms with Gasteiger partial charge in [-0.2, -0.15) is 0 Å². The summed E-state index contributed by atoms with van der Waals surface area (Å²) in [5.41, 5.74) is 0. The van der Waals surface area contributed by atoms with E-state index < -0.39 is 36.0 Å². The lowest BCUT2D eigenvalue weighted by Gasteiger charge is -2.53. The van der Waals surface area contributed by atoms with Crippen molar-refractivity contribution in [1.29, 1.82) is 0 Å². The van der Waals surface area contributed by atoms with Gasteiger partial charge in [-0.25, -0.2) is 0 Å². The molecule has 1 atom stereocenters. The Morgan fingerprint density at radius 3 is 1.62 bits per heavy atom. The summed E-state index contributed by atoms with van der Waals surface area (Å²) in [5, 5.41) is 81.1. The van der Waals surface area contributed by atoms with Gasteiger partial charge in [0.25, 0.3) is 11.6 Å². The minimum Gasteiger partial charge on any atom is -0.393 e. The Morgan fingerprint density at radius 2 is 1.25 bits per heavy atom. The van der Waals surface area contributed by atoms with Crippen LogP contribution in [0.2, 0.25) is 0 Å². The first kappa shape index (κ1) is 13.7. The molecular weight excluding hydrogens is 232 g/mol. The maximum atomic E-state index is 9.16. The lowest BCUT2D eigenvalue weighted by molar-refractivity contribution is -0.600. The molecule has 0 spiro atoms. The quantitative estimate of drug-likeness (QED) is 0.200. The van der Waals surface area contributed by atoms with E-state index in [1.807, 2.05) is 0 Å². The molecule has 10 heteroatoms. The average molecular weight is 244 g/mol. The zero-order chi connectivity index (χ0) is 13.0. The molecule has 1 heterocycles. The van der Waals surface area contributed by atoms with E-state index in [9.17, 15) is 0 Å². The molecule has 0 aromatic heterocycles. The molecule has 1 saturated heterocycles. The van der Waals surface area contributed by atoms with Gasteiger partial charge in [0.15, 0.2) is 0 Å². The minimum atomic E-state index is -4.23. The van der Waals surface area contributed by atoms with Crippen molar-refractivity contribution in [3.8, 4) is 0 Å². The Hall–Kier alpha value is -0.400. The first-order valence-corrected chi connectivity index (χ1v) is 3.99. The van der Waals surface area contributed by atoms with Crippen LogP contribution >= 0.6 is 0 Å². The smallest absolute Gasteiger partial charge is 0.341 e. The fourth-order valence-corrected chi connectivity index (χ4v) is 1.24. The molecule has 1 rings (SSSR count). The highest BCUT2D eigenvalue weighted by Gasteiger charge is 2.78. The molecule has 10 nitrogen and oxygen atoms in total. The van der Waals surface area contributed by atoms with Crippen molar-refractivity contribution in [3.63, 3.8) is 0 Å². The number of hydrogen-bond donors (Lipinski definition) is 9. The maximum absolute atomic E-state index is 9.16. The molecule has 1 unspecified atom stereocenters. The zero-order valence-corrected chi connectivity index (χ0v) is 7.72. The van der Waals surface area contributed by atoms with Crippen LogP contribution in [0.25, 0.3) is 0 Å². The molecule has 0 aromatic carbocycles. The number of ether oxygens (including phenoxy) is 1. The van der Waals surface area contributed by atoms with E-state index in [1.165, 1.54) is 0 Å². The van der Waals surface area contributed by atoms with Crippen LogP contribution in [0.3, 0.4) is 0 Å². The van der Waals surface area contributed by atoms with E-state index in [4.69, 9.17) is 46.0 Å². The molecule has 0 aliphatic carbocycles. The Balaban J connectivity index is 3.30. The topological polar surface area (TPSA) is 191 Å². The van der Waals surface area contributed by atoms with Crippen LogP contribution in [0, 0.1) is 0 Å². The third-order valence-electron chi connectivity index (χ3n) is 2.37. The van der Waals surface area contributed by atoms with E-state index in [0.717, 1.165) is 0 Å². The number of aliphatic hydroxyl groups is 9. The van der Waals surface area contributed by atoms with E-state index in [-0.39, 0.29) is 0 Å². The summed E-state index contributed by atoms with van der Waals surface area (Å²) in [7, 11) is 0. The van der Waals surface area contributed by atoms with Crippen molar-refractivity contribution in [1.82, 2.24) is 0 Å². The number of hydrogen-bond acceptors (Lipinski definition) is 10. The molecule has 1 aliphatic heterocycles. The summed E-state index contributed by atoms with van der Waals surface area (Å²) in [6, 6.07) is 0. The predicted octanol–water partition coefficient (Wildman–Crippen LogP) is -5.94. The first-order valence-electron chi connectivity index (χ1n) is 3.99. The molecule has 0 radical (unpaired) electrons. The van der Waals surface area contributed by atoms with Crippen LogP contribution in [0.1, 0.15) is 0 Å². The van der Waals surface area contributed by atoms with Gasteiger partial charge < -0.3 is 50.7 Å². The summed E-state index contributed by atoms with van der Waals surface area (Å²) in [5.74, 6) is -16.1. The lowest BCUT2D eigenvalue weighted by Crippen LogP contribution is -2.84. The van der Waals surface area contributed by atoms with Gasteiger partial charge in [-0.3, -0.25) is 0 Å². The molecule has 1 fully saturated rings. The Bertz CT molecular complexity index is 281. The van der Waals surface area contributed by atoms with E-state index >= 15 is 0 Å². The van der Waals surface area contributed by atoms with Gasteiger partial charge in [-0.15, -0.1) is 0 Å². The molecule has 96 valence electrons. The van der Waals surface area contributed by atoms with E-state index in [0.29, 0.717) is 0 Å². The molecule has 16 heavy (non-hydrogen) atoms. The molecule has 0 amide bonds. The second-order valence-corrected chi connectivity index (χ2v) is 3.47. The fraction of sp³-hybridized carbons (Fsp3) is 1.00. The Kier molecular flexibility index (Phi) is 2.82. The standard InChI is InChI=1S/C6H12O10/c7-1-2-3(8,9)4(10,11)5(12,13)6(14,15)16-2/h2,7-15H,1H2. The molecule has 0 bridgehead atoms. The summed E-state index contributed by atoms with van der Waals surface area (Å²) in [6.07, 6.45) is -2.30. The third-order valence-corrected chi connectivity index (χ3v) is 2.37. The summed E-state index contributed by atoms with van der Waals surface area (Å²) in [6.45, 7) is -1.27. The van der Waals surface area contributed by atoms with Crippen LogP contribution < -0.4 is 0 Å². The monoisotopic (exact) mass is 244 g/mol. The second-order valence-electron chi connectivity index (χ2n) is 3.47. The summed E-state index contributed by atoms with van der Waals surface area (Å²) in [4.78, 5) is 0. The Labute approximate surface area is 87.8 Å². The Morgan fingerprint density at radius 1 is 0.812 bits per heavy atom. The maximum Gasteiger partial charge on any atom is 0.341 e. The number of rotatable bonds is 1. The fourth-order valence-electron chi connectivity index (χ4n) is 1.24. The normalized spacial score (nSPS) is 34.7. The van der Waals surface area contributed by atoms with Gasteiger partial charge in [0.05, 0.1) is 6.61 Å². The van der Waals surface area contributed by atoms with Gasteiger partial charge in [-0.1, -0.05) is 0 Å². The number of aliphatic hydroxyl groups excluding tert-OH is 1. The molecule has 0 saturated carbocycles. The van der Waals surface area contributed by atoms with E-state index in [1.54, 1.807) is 0 Å². The van der Waals surface area contributed by atoms with Gasteiger partial charge >= 0.3 is 11.8 Å². The second kappa shape index (κ2) is 3.30. The molecule has 9 N–H and O–H groups in total. The summed E-state index contributed by atoms with van der Waals surface area (Å²) >= 11 is 0. The van der Waals surface area contributed by atoms with Crippen LogP contribution in [-0.2, 0) is 4.74 Å². The largest absolute Gasteiger partial charge is 0.393 e. The highest BCUT2D eigenvalue weighted by atomic mass is 16.8. The van der Waals surface area contributed by atoms with Gasteiger partial charge in [0.1, 0.15) is 6.10 Å². The van der Waals surface area contributed by atoms with Crippen molar-refractivity contribution >= 4 is 0 Å². The molecule has 1 aliphatic rings. The van der Waals surface area contributed by atoms with Crippen molar-refractivity contribution in [2.45, 2.75) is 29.4 Å². The third kappa shape index (κ3) is 1.38. The van der Waals surface area contributed by atoms with Crippen molar-refractivity contribution in [2.24, 2.45) is 0 Å². The summed E-state index contributed by atoms with van der Waals surface area (Å²) < 4.78 is 3.93. The highest BCUT2D eigenvalue weighted by Crippen LogP contribution is 2.43. The van der Waals surface area contributed by atoms with Crippen molar-refractivity contribution < 1.29 is 50.7 Å². The molecular formula is C6H12O10. The van der Waals surface area contributed by atoms with E-state index in [2.05, 4.69) is 4.74 Å². The van der Waals surface area contributed by atoms with Gasteiger partial charge in [0.2, 0.25) is 0 Å². The molecule has 0 aromatic rings. The van der Waals surface area contributed by atoms with Crippen LogP contribution in [0.15, 0.2) is 0 Å². The van der Waals surface area contributed by atoms with Crippen LogP contribution in [0.5, 0.6) is 0 Å². The van der Waals surface area contributed by atoms with Crippen LogP contribution in [0.4, 0.5) is 0 Å². The average Bonchev–Trinajstić information content (AvgIpc) is 2.11. The zero-order valence-electron chi connectivity index (χ0n) is 7.72. The predicted molar refractivity (Wildman–Crippen MR) is 40.6 cm³/mol. The van der Waals surface area contributed by atoms with Crippen molar-refractivity contribution in [3.05, 3.63) is 0 Å². The minimum absolute atomic E-state index is 1.27. The van der Waals surface area contributed by atoms with Gasteiger partial charge in [-0.05, 0) is 0 Å².